The van der Waals surface area contributed by atoms with Crippen LogP contribution in [0.25, 0.3) is 0 Å². The number of carboxylic acids is 3. The topological polar surface area (TPSA) is 122 Å². The van der Waals surface area contributed by atoms with Gasteiger partial charge in [-0.1, -0.05) is 13.3 Å². The Hall–Kier alpha value is -2.79. The molecular formula is C22H31N3O6S2. The van der Waals surface area contributed by atoms with E-state index in [1.54, 1.807) is 14.7 Å². The largest absolute Gasteiger partial charge is 0.480 e. The van der Waals surface area contributed by atoms with Gasteiger partial charge < -0.3 is 30.0 Å². The summed E-state index contributed by atoms with van der Waals surface area (Å²) in [5.74, 6) is -2.85. The fourth-order valence-electron chi connectivity index (χ4n) is 3.58. The number of nitrogens with zero attached hydrogens (tertiary/aromatic N) is 3. The summed E-state index contributed by atoms with van der Waals surface area (Å²) in [5.41, 5.74) is 3.28. The van der Waals surface area contributed by atoms with Crippen molar-refractivity contribution in [3.05, 3.63) is 27.1 Å². The van der Waals surface area contributed by atoms with Crippen LogP contribution in [-0.4, -0.2) is 72.5 Å². The van der Waals surface area contributed by atoms with E-state index in [4.69, 9.17) is 0 Å². The van der Waals surface area contributed by atoms with Crippen molar-refractivity contribution in [1.82, 2.24) is 0 Å². The second-order valence-corrected chi connectivity index (χ2v) is 9.22. The molecule has 0 aliphatic heterocycles. The molecule has 33 heavy (non-hydrogen) atoms. The molecule has 0 aliphatic carbocycles. The first kappa shape index (κ1) is 26.5. The first-order chi connectivity index (χ1) is 15.7. The molecule has 0 atom stereocenters. The van der Waals surface area contributed by atoms with Crippen LogP contribution in [-0.2, 0) is 14.4 Å². The Labute approximate surface area is 201 Å². The normalized spacial score (nSPS) is 10.7. The highest BCUT2D eigenvalue weighted by molar-refractivity contribution is 7.09. The van der Waals surface area contributed by atoms with E-state index in [9.17, 15) is 29.7 Å². The van der Waals surface area contributed by atoms with Crippen LogP contribution in [0.3, 0.4) is 0 Å². The number of hydrogen-bond donors (Lipinski definition) is 3. The van der Waals surface area contributed by atoms with Crippen LogP contribution in [0.15, 0.2) is 21.5 Å². The number of rotatable bonds is 16. The van der Waals surface area contributed by atoms with Crippen LogP contribution in [0.5, 0.6) is 0 Å². The Kier molecular flexibility index (Phi) is 10.5. The molecule has 2 aromatic heterocycles. The number of hydrogen-bond acceptors (Lipinski definition) is 8. The van der Waals surface area contributed by atoms with Crippen molar-refractivity contribution in [1.29, 1.82) is 0 Å². The van der Waals surface area contributed by atoms with Gasteiger partial charge in [-0.3, -0.25) is 14.4 Å². The lowest BCUT2D eigenvalue weighted by molar-refractivity contribution is -0.136. The van der Waals surface area contributed by atoms with E-state index < -0.39 is 17.9 Å². The van der Waals surface area contributed by atoms with E-state index in [1.165, 1.54) is 22.7 Å². The zero-order chi connectivity index (χ0) is 24.4. The van der Waals surface area contributed by atoms with E-state index in [0.29, 0.717) is 37.4 Å². The highest BCUT2D eigenvalue weighted by atomic mass is 32.1. The maximum Gasteiger partial charge on any atom is 0.323 e. The molecule has 0 fully saturated rings. The summed E-state index contributed by atoms with van der Waals surface area (Å²) in [7, 11) is 0. The molecule has 2 aromatic rings. The summed E-state index contributed by atoms with van der Waals surface area (Å²) in [6.45, 7) is 4.85. The van der Waals surface area contributed by atoms with E-state index in [0.717, 1.165) is 24.1 Å². The molecule has 182 valence electrons. The Bertz CT molecular complexity index is 929. The van der Waals surface area contributed by atoms with Crippen LogP contribution in [0.2, 0.25) is 0 Å². The molecular weight excluding hydrogens is 466 g/mol. The first-order valence-corrected chi connectivity index (χ1v) is 12.6. The SMILES string of the molecule is CCCCN(CC(=O)O)c1cscc1N(CCCN(CC(=O)O)c1cscc1C)CC(=O)O. The Balaban J connectivity index is 2.19. The molecule has 2 rings (SSSR count). The van der Waals surface area contributed by atoms with E-state index >= 15 is 0 Å². The van der Waals surface area contributed by atoms with Gasteiger partial charge in [-0.25, -0.2) is 0 Å². The molecule has 0 aromatic carbocycles. The minimum atomic E-state index is -0.985. The molecule has 9 nitrogen and oxygen atoms in total. The van der Waals surface area contributed by atoms with Crippen LogP contribution in [0.1, 0.15) is 31.7 Å². The summed E-state index contributed by atoms with van der Waals surface area (Å²) in [5, 5.41) is 35.7. The average Bonchev–Trinajstić information content (AvgIpc) is 3.38. The molecule has 0 radical (unpaired) electrons. The van der Waals surface area contributed by atoms with Crippen molar-refractivity contribution in [3.63, 3.8) is 0 Å². The maximum absolute atomic E-state index is 11.6. The minimum absolute atomic E-state index is 0.135. The fraction of sp³-hybridized carbons (Fsp3) is 0.500. The average molecular weight is 498 g/mol. The monoisotopic (exact) mass is 497 g/mol. The lowest BCUT2D eigenvalue weighted by atomic mass is 10.2. The van der Waals surface area contributed by atoms with E-state index in [2.05, 4.69) is 0 Å². The summed E-state index contributed by atoms with van der Waals surface area (Å²) < 4.78 is 0. The molecule has 0 amide bonds. The van der Waals surface area contributed by atoms with Gasteiger partial charge in [0.05, 0.1) is 17.1 Å². The van der Waals surface area contributed by atoms with E-state index in [-0.39, 0.29) is 19.6 Å². The van der Waals surface area contributed by atoms with Crippen LogP contribution in [0.4, 0.5) is 17.1 Å². The van der Waals surface area contributed by atoms with Gasteiger partial charge in [0.1, 0.15) is 19.6 Å². The summed E-state index contributed by atoms with van der Waals surface area (Å²) in [6.07, 6.45) is 2.28. The lowest BCUT2D eigenvalue weighted by Gasteiger charge is -2.30. The van der Waals surface area contributed by atoms with Gasteiger partial charge in [-0.2, -0.15) is 0 Å². The predicted molar refractivity (Wildman–Crippen MR) is 132 cm³/mol. The molecule has 3 N–H and O–H groups in total. The van der Waals surface area contributed by atoms with Gasteiger partial charge >= 0.3 is 17.9 Å². The molecule has 0 aliphatic rings. The molecule has 11 heteroatoms. The second-order valence-electron chi connectivity index (χ2n) is 7.74. The van der Waals surface area contributed by atoms with E-state index in [1.807, 2.05) is 35.4 Å². The summed E-state index contributed by atoms with van der Waals surface area (Å²) in [4.78, 5) is 39.6. The Morgan fingerprint density at radius 1 is 0.697 bits per heavy atom. The maximum atomic E-state index is 11.6. The zero-order valence-electron chi connectivity index (χ0n) is 18.9. The Morgan fingerprint density at radius 3 is 1.48 bits per heavy atom. The minimum Gasteiger partial charge on any atom is -0.480 e. The number of unbranched alkanes of at least 4 members (excludes halogenated alkanes) is 1. The lowest BCUT2D eigenvalue weighted by Crippen LogP contribution is -2.37. The van der Waals surface area contributed by atoms with Crippen LogP contribution < -0.4 is 14.7 Å². The summed E-state index contributed by atoms with van der Waals surface area (Å²) >= 11 is 2.91. The van der Waals surface area contributed by atoms with Crippen molar-refractivity contribution >= 4 is 57.6 Å². The molecule has 0 unspecified atom stereocenters. The second kappa shape index (κ2) is 13.0. The third-order valence-corrected chi connectivity index (χ3v) is 6.66. The third kappa shape index (κ3) is 8.25. The fourth-order valence-corrected chi connectivity index (χ4v) is 5.30. The van der Waals surface area contributed by atoms with Crippen LogP contribution >= 0.6 is 22.7 Å². The van der Waals surface area contributed by atoms with Crippen molar-refractivity contribution in [2.75, 3.05) is 54.0 Å². The molecule has 0 saturated heterocycles. The van der Waals surface area contributed by atoms with Gasteiger partial charge in [-0.05, 0) is 30.7 Å². The number of aliphatic carboxylic acids is 3. The van der Waals surface area contributed by atoms with Crippen molar-refractivity contribution in [3.8, 4) is 0 Å². The molecule has 0 bridgehead atoms. The van der Waals surface area contributed by atoms with Crippen LogP contribution in [0, 0.1) is 6.92 Å². The highest BCUT2D eigenvalue weighted by Gasteiger charge is 2.21. The molecule has 0 spiro atoms. The highest BCUT2D eigenvalue weighted by Crippen LogP contribution is 2.34. The van der Waals surface area contributed by atoms with Crippen molar-refractivity contribution in [2.45, 2.75) is 33.1 Å². The smallest absolute Gasteiger partial charge is 0.323 e. The summed E-state index contributed by atoms with van der Waals surface area (Å²) in [6, 6.07) is 0. The van der Waals surface area contributed by atoms with Gasteiger partial charge in [0.15, 0.2) is 0 Å². The third-order valence-electron chi connectivity index (χ3n) is 5.09. The van der Waals surface area contributed by atoms with Crippen molar-refractivity contribution in [2.24, 2.45) is 0 Å². The number of aryl methyl sites for hydroxylation is 1. The van der Waals surface area contributed by atoms with Gasteiger partial charge in [-0.15, -0.1) is 22.7 Å². The molecule has 0 saturated carbocycles. The number of carboxylic acid groups (broad SMARTS) is 3. The first-order valence-electron chi connectivity index (χ1n) is 10.7. The Morgan fingerprint density at radius 2 is 1.09 bits per heavy atom. The number of carbonyl (C=O) groups is 3. The number of thiophene rings is 2. The standard InChI is InChI=1S/C22H31N3O6S2/c1-3-4-6-24(10-21(28)29)18-14-33-15-19(18)25(11-22(30)31)8-5-7-23(9-20(26)27)17-13-32-12-16(17)2/h12-15H,3-11H2,1-2H3,(H,26,27)(H,28,29)(H,30,31). The quantitative estimate of drug-likeness (QED) is 0.319. The number of anilines is 3. The zero-order valence-corrected chi connectivity index (χ0v) is 20.5. The van der Waals surface area contributed by atoms with Gasteiger partial charge in [0, 0.05) is 35.8 Å². The van der Waals surface area contributed by atoms with Gasteiger partial charge in [0.2, 0.25) is 0 Å². The predicted octanol–water partition coefficient (Wildman–Crippen LogP) is 3.68. The van der Waals surface area contributed by atoms with Crippen molar-refractivity contribution < 1.29 is 29.7 Å². The molecule has 2 heterocycles. The van der Waals surface area contributed by atoms with Gasteiger partial charge in [0.25, 0.3) is 0 Å².